The van der Waals surface area contributed by atoms with E-state index in [9.17, 15) is 0 Å². The van der Waals surface area contributed by atoms with Gasteiger partial charge in [-0.05, 0) is 50.1 Å². The minimum Gasteiger partial charge on any atom is -0.378 e. The minimum absolute atomic E-state index is 0.670. The van der Waals surface area contributed by atoms with Crippen LogP contribution in [0.5, 0.6) is 0 Å². The maximum absolute atomic E-state index is 4.15. The van der Waals surface area contributed by atoms with Gasteiger partial charge in [0, 0.05) is 15.1 Å². The number of rotatable bonds is 3. The largest absolute Gasteiger partial charge is 0.378 e. The predicted molar refractivity (Wildman–Crippen MR) is 71.2 cm³/mol. The Morgan fingerprint density at radius 1 is 1.12 bits per heavy atom. The molecule has 5 heteroatoms. The number of para-hydroxylation sites is 1. The standard InChI is InChI=1S/C11H9Br2N3/c12-9-2-1-3-10(13)11(9)15-6-8-4-5-14-7-16-8/h1-5,7,15H,6H2. The van der Waals surface area contributed by atoms with Gasteiger partial charge in [-0.15, -0.1) is 0 Å². The van der Waals surface area contributed by atoms with Crippen LogP contribution in [-0.2, 0) is 6.54 Å². The summed E-state index contributed by atoms with van der Waals surface area (Å²) in [6, 6.07) is 7.85. The molecule has 1 heterocycles. The highest BCUT2D eigenvalue weighted by molar-refractivity contribution is 9.11. The first-order valence-electron chi connectivity index (χ1n) is 4.70. The van der Waals surface area contributed by atoms with Gasteiger partial charge in [0.1, 0.15) is 6.33 Å². The van der Waals surface area contributed by atoms with E-state index in [1.807, 2.05) is 24.3 Å². The molecular weight excluding hydrogens is 334 g/mol. The fraction of sp³-hybridized carbons (Fsp3) is 0.0909. The number of halogens is 2. The minimum atomic E-state index is 0.670. The molecule has 2 rings (SSSR count). The van der Waals surface area contributed by atoms with Crippen LogP contribution in [-0.4, -0.2) is 9.97 Å². The van der Waals surface area contributed by atoms with Crippen molar-refractivity contribution in [2.45, 2.75) is 6.54 Å². The molecule has 0 spiro atoms. The van der Waals surface area contributed by atoms with Gasteiger partial charge in [0.05, 0.1) is 17.9 Å². The van der Waals surface area contributed by atoms with Crippen molar-refractivity contribution in [1.82, 2.24) is 9.97 Å². The normalized spacial score (nSPS) is 10.1. The van der Waals surface area contributed by atoms with Crippen LogP contribution >= 0.6 is 31.9 Å². The zero-order valence-electron chi connectivity index (χ0n) is 8.32. The first-order chi connectivity index (χ1) is 7.77. The van der Waals surface area contributed by atoms with Crippen molar-refractivity contribution < 1.29 is 0 Å². The summed E-state index contributed by atoms with van der Waals surface area (Å²) in [5, 5.41) is 3.31. The monoisotopic (exact) mass is 341 g/mol. The van der Waals surface area contributed by atoms with Gasteiger partial charge in [-0.25, -0.2) is 9.97 Å². The molecule has 0 radical (unpaired) electrons. The van der Waals surface area contributed by atoms with Crippen LogP contribution in [0.2, 0.25) is 0 Å². The van der Waals surface area contributed by atoms with E-state index in [2.05, 4.69) is 47.1 Å². The Bertz CT molecular complexity index is 454. The van der Waals surface area contributed by atoms with Gasteiger partial charge in [0.2, 0.25) is 0 Å². The second-order valence-corrected chi connectivity index (χ2v) is 4.86. The Morgan fingerprint density at radius 3 is 2.50 bits per heavy atom. The van der Waals surface area contributed by atoms with Crippen molar-refractivity contribution in [3.63, 3.8) is 0 Å². The third-order valence-electron chi connectivity index (χ3n) is 2.05. The predicted octanol–water partition coefficient (Wildman–Crippen LogP) is 3.61. The highest BCUT2D eigenvalue weighted by Crippen LogP contribution is 2.30. The highest BCUT2D eigenvalue weighted by atomic mass is 79.9. The van der Waals surface area contributed by atoms with Crippen LogP contribution in [0, 0.1) is 0 Å². The van der Waals surface area contributed by atoms with Crippen LogP contribution in [0.4, 0.5) is 5.69 Å². The van der Waals surface area contributed by atoms with E-state index in [1.54, 1.807) is 12.5 Å². The molecule has 0 saturated carbocycles. The molecule has 0 atom stereocenters. The average molecular weight is 343 g/mol. The molecule has 0 aliphatic carbocycles. The summed E-state index contributed by atoms with van der Waals surface area (Å²) < 4.78 is 2.05. The number of aromatic nitrogens is 2. The summed E-state index contributed by atoms with van der Waals surface area (Å²) in [4.78, 5) is 8.03. The average Bonchev–Trinajstić information content (AvgIpc) is 2.30. The molecule has 1 N–H and O–H groups in total. The van der Waals surface area contributed by atoms with Gasteiger partial charge < -0.3 is 5.32 Å². The SMILES string of the molecule is Brc1cccc(Br)c1NCc1ccncn1. The summed E-state index contributed by atoms with van der Waals surface area (Å²) in [5.41, 5.74) is 1.98. The first kappa shape index (κ1) is 11.5. The maximum Gasteiger partial charge on any atom is 0.115 e. The second-order valence-electron chi connectivity index (χ2n) is 3.15. The van der Waals surface area contributed by atoms with E-state index in [0.717, 1.165) is 20.3 Å². The summed E-state index contributed by atoms with van der Waals surface area (Å²) in [6.45, 7) is 0.670. The number of nitrogens with zero attached hydrogens (tertiary/aromatic N) is 2. The molecule has 2 aromatic rings. The van der Waals surface area contributed by atoms with Gasteiger partial charge in [-0.1, -0.05) is 6.07 Å². The molecule has 3 nitrogen and oxygen atoms in total. The molecule has 1 aromatic carbocycles. The topological polar surface area (TPSA) is 37.8 Å². The fourth-order valence-corrected chi connectivity index (χ4v) is 2.55. The summed E-state index contributed by atoms with van der Waals surface area (Å²) in [7, 11) is 0. The van der Waals surface area contributed by atoms with E-state index in [1.165, 1.54) is 0 Å². The smallest absolute Gasteiger partial charge is 0.115 e. The van der Waals surface area contributed by atoms with Crippen molar-refractivity contribution in [3.8, 4) is 0 Å². The zero-order chi connectivity index (χ0) is 11.4. The quantitative estimate of drug-likeness (QED) is 0.925. The first-order valence-corrected chi connectivity index (χ1v) is 6.29. The van der Waals surface area contributed by atoms with E-state index in [0.29, 0.717) is 6.54 Å². The number of hydrogen-bond acceptors (Lipinski definition) is 3. The molecule has 0 unspecified atom stereocenters. The Balaban J connectivity index is 2.11. The van der Waals surface area contributed by atoms with E-state index >= 15 is 0 Å². The van der Waals surface area contributed by atoms with Gasteiger partial charge in [-0.3, -0.25) is 0 Å². The van der Waals surface area contributed by atoms with Crippen LogP contribution in [0.1, 0.15) is 5.69 Å². The lowest BCUT2D eigenvalue weighted by Crippen LogP contribution is -2.02. The molecule has 16 heavy (non-hydrogen) atoms. The summed E-state index contributed by atoms with van der Waals surface area (Å²) >= 11 is 6.99. The molecule has 1 aromatic heterocycles. The third-order valence-corrected chi connectivity index (χ3v) is 3.37. The fourth-order valence-electron chi connectivity index (χ4n) is 1.27. The van der Waals surface area contributed by atoms with Gasteiger partial charge in [0.15, 0.2) is 0 Å². The number of nitrogens with one attached hydrogen (secondary N) is 1. The summed E-state index contributed by atoms with van der Waals surface area (Å²) in [6.07, 6.45) is 3.28. The van der Waals surface area contributed by atoms with Gasteiger partial charge in [0.25, 0.3) is 0 Å². The van der Waals surface area contributed by atoms with Crippen molar-refractivity contribution in [2.24, 2.45) is 0 Å². The van der Waals surface area contributed by atoms with Crippen molar-refractivity contribution in [3.05, 3.63) is 51.4 Å². The Morgan fingerprint density at radius 2 is 1.88 bits per heavy atom. The molecular formula is C11H9Br2N3. The lowest BCUT2D eigenvalue weighted by molar-refractivity contribution is 1.00. The van der Waals surface area contributed by atoms with Crippen LogP contribution in [0.25, 0.3) is 0 Å². The van der Waals surface area contributed by atoms with Gasteiger partial charge >= 0.3 is 0 Å². The Hall–Kier alpha value is -0.940. The molecule has 0 bridgehead atoms. The van der Waals surface area contributed by atoms with E-state index in [-0.39, 0.29) is 0 Å². The lowest BCUT2D eigenvalue weighted by Gasteiger charge is -2.09. The number of benzene rings is 1. The zero-order valence-corrected chi connectivity index (χ0v) is 11.5. The van der Waals surface area contributed by atoms with Crippen LogP contribution in [0.15, 0.2) is 45.7 Å². The Labute approximate surface area is 111 Å². The molecule has 0 saturated heterocycles. The molecule has 0 amide bonds. The lowest BCUT2D eigenvalue weighted by atomic mass is 10.3. The number of hydrogen-bond donors (Lipinski definition) is 1. The highest BCUT2D eigenvalue weighted by Gasteiger charge is 2.03. The number of anilines is 1. The van der Waals surface area contributed by atoms with Gasteiger partial charge in [-0.2, -0.15) is 0 Å². The Kier molecular flexibility index (Phi) is 3.90. The molecule has 0 aliphatic heterocycles. The van der Waals surface area contributed by atoms with Crippen molar-refractivity contribution in [2.75, 3.05) is 5.32 Å². The summed E-state index contributed by atoms with van der Waals surface area (Å²) in [5.74, 6) is 0. The van der Waals surface area contributed by atoms with E-state index < -0.39 is 0 Å². The van der Waals surface area contributed by atoms with Crippen molar-refractivity contribution in [1.29, 1.82) is 0 Å². The third kappa shape index (κ3) is 2.80. The van der Waals surface area contributed by atoms with Crippen molar-refractivity contribution >= 4 is 37.5 Å². The molecule has 0 fully saturated rings. The maximum atomic E-state index is 4.15. The molecule has 0 aliphatic rings. The van der Waals surface area contributed by atoms with E-state index in [4.69, 9.17) is 0 Å². The van der Waals surface area contributed by atoms with Crippen LogP contribution in [0.3, 0.4) is 0 Å². The van der Waals surface area contributed by atoms with Crippen LogP contribution < -0.4 is 5.32 Å². The second kappa shape index (κ2) is 5.41. The molecule has 82 valence electrons.